The van der Waals surface area contributed by atoms with Crippen LogP contribution in [0.15, 0.2) is 5.16 Å². The van der Waals surface area contributed by atoms with E-state index in [0.29, 0.717) is 25.4 Å². The monoisotopic (exact) mass is 282 g/mol. The van der Waals surface area contributed by atoms with Crippen molar-refractivity contribution in [1.29, 1.82) is 0 Å². The van der Waals surface area contributed by atoms with Crippen molar-refractivity contribution >= 4 is 11.7 Å². The maximum Gasteiger partial charge on any atom is 0.233 e. The van der Waals surface area contributed by atoms with E-state index in [0.717, 1.165) is 25.9 Å². The number of oxime groups is 1. The van der Waals surface area contributed by atoms with Crippen molar-refractivity contribution < 1.29 is 10.0 Å². The van der Waals surface area contributed by atoms with E-state index in [2.05, 4.69) is 22.3 Å². The third-order valence-corrected chi connectivity index (χ3v) is 4.64. The molecule has 0 unspecified atom stereocenters. The molecule has 0 saturated heterocycles. The van der Waals surface area contributed by atoms with Gasteiger partial charge in [-0.15, -0.1) is 0 Å². The fourth-order valence-electron chi connectivity index (χ4n) is 3.19. The Morgan fingerprint density at radius 1 is 1.45 bits per heavy atom. The van der Waals surface area contributed by atoms with Gasteiger partial charge in [-0.25, -0.2) is 0 Å². The molecule has 114 valence electrons. The first-order valence-corrected chi connectivity index (χ1v) is 7.64. The van der Waals surface area contributed by atoms with Gasteiger partial charge in [0.2, 0.25) is 5.91 Å². The second-order valence-corrected chi connectivity index (χ2v) is 5.89. The Labute approximate surface area is 120 Å². The molecule has 2 fully saturated rings. The first kappa shape index (κ1) is 15.1. The van der Waals surface area contributed by atoms with Gasteiger partial charge in [0.25, 0.3) is 0 Å². The Balaban J connectivity index is 1.86. The summed E-state index contributed by atoms with van der Waals surface area (Å²) in [6, 6.07) is 0.710. The lowest BCUT2D eigenvalue weighted by atomic mass is 9.84. The normalized spacial score (nSPS) is 22.2. The Morgan fingerprint density at radius 2 is 2.10 bits per heavy atom. The van der Waals surface area contributed by atoms with Crippen LogP contribution in [0.3, 0.4) is 0 Å². The van der Waals surface area contributed by atoms with Crippen LogP contribution in [0.4, 0.5) is 0 Å². The van der Waals surface area contributed by atoms with Gasteiger partial charge < -0.3 is 16.3 Å². The summed E-state index contributed by atoms with van der Waals surface area (Å²) in [5.41, 5.74) is 4.97. The average Bonchev–Trinajstić information content (AvgIpc) is 3.18. The van der Waals surface area contributed by atoms with Crippen molar-refractivity contribution in [3.05, 3.63) is 0 Å². The molecule has 0 aromatic rings. The van der Waals surface area contributed by atoms with E-state index in [9.17, 15) is 4.79 Å². The van der Waals surface area contributed by atoms with Crippen molar-refractivity contribution in [3.8, 4) is 0 Å². The predicted octanol–water partition coefficient (Wildman–Crippen LogP) is 0.894. The molecule has 0 spiro atoms. The highest BCUT2D eigenvalue weighted by atomic mass is 16.4. The third kappa shape index (κ3) is 3.06. The number of carbonyl (C=O) groups excluding carboxylic acids is 1. The number of carbonyl (C=O) groups is 1. The highest BCUT2D eigenvalue weighted by molar-refractivity contribution is 6.07. The van der Waals surface area contributed by atoms with Crippen LogP contribution < -0.4 is 11.1 Å². The van der Waals surface area contributed by atoms with Gasteiger partial charge in [0.05, 0.1) is 0 Å². The maximum atomic E-state index is 12.4. The van der Waals surface area contributed by atoms with Gasteiger partial charge in [-0.1, -0.05) is 24.9 Å². The summed E-state index contributed by atoms with van der Waals surface area (Å²) in [5, 5.41) is 15.0. The Kier molecular flexibility index (Phi) is 4.86. The molecule has 4 N–H and O–H groups in total. The van der Waals surface area contributed by atoms with Crippen molar-refractivity contribution in [1.82, 2.24) is 10.2 Å². The van der Waals surface area contributed by atoms with Crippen LogP contribution in [-0.2, 0) is 4.79 Å². The molecule has 2 aliphatic rings. The number of hydrogen-bond acceptors (Lipinski definition) is 4. The standard InChI is InChI=1S/C14H26N4O2/c1-2-18(11-5-6-11)10-9-16-13(19)14(12(15)17-20)7-3-4-8-14/h11,20H,2-10H2,1H3,(H2,15,17)(H,16,19). The minimum Gasteiger partial charge on any atom is -0.409 e. The molecular formula is C14H26N4O2. The lowest BCUT2D eigenvalue weighted by Crippen LogP contribution is -2.49. The van der Waals surface area contributed by atoms with E-state index in [1.165, 1.54) is 12.8 Å². The van der Waals surface area contributed by atoms with E-state index in [1.54, 1.807) is 0 Å². The first-order chi connectivity index (χ1) is 9.64. The Hall–Kier alpha value is -1.30. The second kappa shape index (κ2) is 6.43. The zero-order valence-corrected chi connectivity index (χ0v) is 12.3. The molecule has 2 aliphatic carbocycles. The Morgan fingerprint density at radius 3 is 2.60 bits per heavy atom. The summed E-state index contributed by atoms with van der Waals surface area (Å²) in [6.07, 6.45) is 5.80. The van der Waals surface area contributed by atoms with Gasteiger partial charge in [0.15, 0.2) is 5.84 Å². The number of nitrogens with zero attached hydrogens (tertiary/aromatic N) is 2. The van der Waals surface area contributed by atoms with Crippen LogP contribution in [-0.4, -0.2) is 47.5 Å². The van der Waals surface area contributed by atoms with E-state index >= 15 is 0 Å². The van der Waals surface area contributed by atoms with E-state index in [1.807, 2.05) is 0 Å². The summed E-state index contributed by atoms with van der Waals surface area (Å²) in [4.78, 5) is 14.8. The zero-order chi connectivity index (χ0) is 14.6. The summed E-state index contributed by atoms with van der Waals surface area (Å²) in [6.45, 7) is 4.67. The van der Waals surface area contributed by atoms with Crippen molar-refractivity contribution in [2.45, 2.75) is 51.5 Å². The zero-order valence-electron chi connectivity index (χ0n) is 12.3. The molecule has 2 rings (SSSR count). The van der Waals surface area contributed by atoms with Gasteiger partial charge in [0, 0.05) is 19.1 Å². The van der Waals surface area contributed by atoms with Crippen molar-refractivity contribution in [3.63, 3.8) is 0 Å². The molecule has 0 radical (unpaired) electrons. The van der Waals surface area contributed by atoms with Crippen LogP contribution in [0.2, 0.25) is 0 Å². The number of amidine groups is 1. The molecular weight excluding hydrogens is 256 g/mol. The van der Waals surface area contributed by atoms with Crippen LogP contribution >= 0.6 is 0 Å². The highest BCUT2D eigenvalue weighted by Crippen LogP contribution is 2.38. The largest absolute Gasteiger partial charge is 0.409 e. The minimum absolute atomic E-state index is 0.0574. The summed E-state index contributed by atoms with van der Waals surface area (Å²) in [7, 11) is 0. The third-order valence-electron chi connectivity index (χ3n) is 4.64. The number of hydrogen-bond donors (Lipinski definition) is 3. The molecule has 0 atom stereocenters. The Bertz CT molecular complexity index is 373. The fraction of sp³-hybridized carbons (Fsp3) is 0.857. The first-order valence-electron chi connectivity index (χ1n) is 7.64. The number of rotatable bonds is 7. The molecule has 6 nitrogen and oxygen atoms in total. The highest BCUT2D eigenvalue weighted by Gasteiger charge is 2.45. The van der Waals surface area contributed by atoms with Gasteiger partial charge >= 0.3 is 0 Å². The smallest absolute Gasteiger partial charge is 0.233 e. The van der Waals surface area contributed by atoms with Crippen molar-refractivity contribution in [2.75, 3.05) is 19.6 Å². The molecule has 0 aromatic heterocycles. The molecule has 0 bridgehead atoms. The number of nitrogens with two attached hydrogens (primary N) is 1. The molecule has 6 heteroatoms. The molecule has 20 heavy (non-hydrogen) atoms. The quantitative estimate of drug-likeness (QED) is 0.280. The molecule has 0 heterocycles. The molecule has 0 aliphatic heterocycles. The average molecular weight is 282 g/mol. The lowest BCUT2D eigenvalue weighted by molar-refractivity contribution is -0.127. The van der Waals surface area contributed by atoms with Gasteiger partial charge in [-0.3, -0.25) is 9.69 Å². The number of likely N-dealkylation sites (N-methyl/N-ethyl adjacent to an activating group) is 1. The van der Waals surface area contributed by atoms with Gasteiger partial charge in [-0.05, 0) is 32.2 Å². The fourth-order valence-corrected chi connectivity index (χ4v) is 3.19. The van der Waals surface area contributed by atoms with Crippen LogP contribution in [0.25, 0.3) is 0 Å². The summed E-state index contributed by atoms with van der Waals surface area (Å²) in [5.74, 6) is -0.0285. The number of amides is 1. The molecule has 2 saturated carbocycles. The number of nitrogens with one attached hydrogen (secondary N) is 1. The van der Waals surface area contributed by atoms with Gasteiger partial charge in [-0.2, -0.15) is 0 Å². The topological polar surface area (TPSA) is 91.0 Å². The van der Waals surface area contributed by atoms with Gasteiger partial charge in [0.1, 0.15) is 5.41 Å². The SMILES string of the molecule is CCN(CCNC(=O)C1(C(N)=NO)CCCC1)C1CC1. The summed E-state index contributed by atoms with van der Waals surface area (Å²) >= 11 is 0. The van der Waals surface area contributed by atoms with E-state index in [-0.39, 0.29) is 11.7 Å². The second-order valence-electron chi connectivity index (χ2n) is 5.89. The minimum atomic E-state index is -0.786. The molecule has 0 aromatic carbocycles. The van der Waals surface area contributed by atoms with Crippen LogP contribution in [0, 0.1) is 5.41 Å². The lowest BCUT2D eigenvalue weighted by Gasteiger charge is -2.27. The predicted molar refractivity (Wildman–Crippen MR) is 77.6 cm³/mol. The maximum absolute atomic E-state index is 12.4. The molecule has 1 amide bonds. The summed E-state index contributed by atoms with van der Waals surface area (Å²) < 4.78 is 0. The van der Waals surface area contributed by atoms with E-state index < -0.39 is 5.41 Å². The van der Waals surface area contributed by atoms with Crippen molar-refractivity contribution in [2.24, 2.45) is 16.3 Å². The van der Waals surface area contributed by atoms with E-state index in [4.69, 9.17) is 10.9 Å². The van der Waals surface area contributed by atoms with Crippen LogP contribution in [0.5, 0.6) is 0 Å². The van der Waals surface area contributed by atoms with Crippen LogP contribution in [0.1, 0.15) is 45.4 Å².